The van der Waals surface area contributed by atoms with Gasteiger partial charge in [-0.15, -0.1) is 0 Å². The summed E-state index contributed by atoms with van der Waals surface area (Å²) in [7, 11) is 2.22. The molecule has 2 fully saturated rings. The van der Waals surface area contributed by atoms with Crippen molar-refractivity contribution < 1.29 is 4.79 Å². The van der Waals surface area contributed by atoms with Crippen molar-refractivity contribution in [1.29, 1.82) is 0 Å². The van der Waals surface area contributed by atoms with E-state index >= 15 is 0 Å². The predicted molar refractivity (Wildman–Crippen MR) is 92.5 cm³/mol. The van der Waals surface area contributed by atoms with Crippen molar-refractivity contribution in [2.75, 3.05) is 33.2 Å². The van der Waals surface area contributed by atoms with Crippen molar-refractivity contribution >= 4 is 5.91 Å². The highest BCUT2D eigenvalue weighted by molar-refractivity contribution is 5.75. The first-order valence-electron chi connectivity index (χ1n) is 9.17. The third-order valence-electron chi connectivity index (χ3n) is 4.62. The Morgan fingerprint density at radius 1 is 0.857 bits per heavy atom. The number of carbonyl (C=O) groups is 1. The number of hydrogen-bond donors (Lipinski definition) is 0. The molecule has 0 N–H and O–H groups in total. The van der Waals surface area contributed by atoms with E-state index in [0.717, 1.165) is 24.9 Å². The van der Waals surface area contributed by atoms with Gasteiger partial charge in [-0.1, -0.05) is 34.6 Å². The lowest BCUT2D eigenvalue weighted by Crippen LogP contribution is -2.42. The predicted octanol–water partition coefficient (Wildman–Crippen LogP) is 4.03. The molecule has 2 heterocycles. The van der Waals surface area contributed by atoms with Gasteiger partial charge < -0.3 is 9.80 Å². The lowest BCUT2D eigenvalue weighted by molar-refractivity contribution is -0.132. The van der Waals surface area contributed by atoms with E-state index in [-0.39, 0.29) is 0 Å². The first kappa shape index (κ1) is 20.4. The summed E-state index contributed by atoms with van der Waals surface area (Å²) in [5.74, 6) is 2.14. The van der Waals surface area contributed by atoms with Crippen LogP contribution in [0.3, 0.4) is 0 Å². The number of amides is 1. The molecule has 126 valence electrons. The van der Waals surface area contributed by atoms with Gasteiger partial charge in [-0.05, 0) is 57.7 Å². The maximum atomic E-state index is 11.6. The minimum absolute atomic E-state index is 0.340. The van der Waals surface area contributed by atoms with Gasteiger partial charge in [-0.25, -0.2) is 0 Å². The summed E-state index contributed by atoms with van der Waals surface area (Å²) in [6, 6.07) is 0. The van der Waals surface area contributed by atoms with Crippen LogP contribution in [0.5, 0.6) is 0 Å². The smallest absolute Gasteiger partial charge is 0.222 e. The topological polar surface area (TPSA) is 23.6 Å². The van der Waals surface area contributed by atoms with Crippen LogP contribution in [0.2, 0.25) is 0 Å². The molecule has 21 heavy (non-hydrogen) atoms. The molecule has 0 atom stereocenters. The van der Waals surface area contributed by atoms with Gasteiger partial charge in [0.15, 0.2) is 0 Å². The molecule has 0 aromatic carbocycles. The zero-order valence-corrected chi connectivity index (χ0v) is 15.3. The second-order valence-electron chi connectivity index (χ2n) is 5.71. The summed E-state index contributed by atoms with van der Waals surface area (Å²) in [6.45, 7) is 14.5. The van der Waals surface area contributed by atoms with E-state index in [1.165, 1.54) is 38.8 Å². The van der Waals surface area contributed by atoms with Crippen LogP contribution in [0.1, 0.15) is 66.7 Å². The first-order chi connectivity index (χ1) is 10.2. The van der Waals surface area contributed by atoms with Crippen molar-refractivity contribution in [3.05, 3.63) is 0 Å². The molecule has 0 spiro atoms. The lowest BCUT2D eigenvalue weighted by atomic mass is 9.79. The Bertz CT molecular complexity index is 252. The fourth-order valence-electron chi connectivity index (χ4n) is 3.34. The average Bonchev–Trinajstić information content (AvgIpc) is 2.58. The quantitative estimate of drug-likeness (QED) is 0.768. The normalized spacial score (nSPS) is 21.0. The lowest BCUT2D eigenvalue weighted by Gasteiger charge is -2.39. The summed E-state index contributed by atoms with van der Waals surface area (Å²) in [6.07, 6.45) is 5.87. The Hall–Kier alpha value is -0.570. The molecule has 0 unspecified atom stereocenters. The summed E-state index contributed by atoms with van der Waals surface area (Å²) < 4.78 is 0. The van der Waals surface area contributed by atoms with Gasteiger partial charge in [-0.3, -0.25) is 4.79 Å². The Morgan fingerprint density at radius 2 is 1.24 bits per heavy atom. The van der Waals surface area contributed by atoms with Gasteiger partial charge >= 0.3 is 0 Å². The minimum Gasteiger partial charge on any atom is -0.343 e. The second kappa shape index (κ2) is 12.0. The molecule has 0 radical (unpaired) electrons. The molecule has 3 nitrogen and oxygen atoms in total. The van der Waals surface area contributed by atoms with Crippen LogP contribution in [0.25, 0.3) is 0 Å². The number of rotatable bonds is 2. The van der Waals surface area contributed by atoms with Crippen molar-refractivity contribution in [3.63, 3.8) is 0 Å². The molecule has 2 aliphatic rings. The summed E-state index contributed by atoms with van der Waals surface area (Å²) in [5.41, 5.74) is 0. The van der Waals surface area contributed by atoms with Crippen LogP contribution in [0, 0.1) is 11.8 Å². The van der Waals surface area contributed by atoms with Crippen molar-refractivity contribution in [2.24, 2.45) is 11.8 Å². The molecule has 2 aliphatic heterocycles. The third kappa shape index (κ3) is 6.82. The molecule has 0 bridgehead atoms. The highest BCUT2D eigenvalue weighted by atomic mass is 16.2. The van der Waals surface area contributed by atoms with E-state index in [1.807, 2.05) is 34.6 Å². The van der Waals surface area contributed by atoms with Gasteiger partial charge in [0.25, 0.3) is 0 Å². The highest BCUT2D eigenvalue weighted by Crippen LogP contribution is 2.32. The average molecular weight is 299 g/mol. The SMILES string of the molecule is CC.CC.CCC(=O)N1CCC(C2CCN(C)CC2)CC1. The number of likely N-dealkylation sites (tertiary alicyclic amines) is 2. The van der Waals surface area contributed by atoms with Crippen LogP contribution in [0.4, 0.5) is 0 Å². The van der Waals surface area contributed by atoms with E-state index < -0.39 is 0 Å². The monoisotopic (exact) mass is 298 g/mol. The molecule has 0 aromatic rings. The largest absolute Gasteiger partial charge is 0.343 e. The van der Waals surface area contributed by atoms with E-state index in [1.54, 1.807) is 0 Å². The van der Waals surface area contributed by atoms with Crippen LogP contribution in [-0.4, -0.2) is 48.9 Å². The summed E-state index contributed by atoms with van der Waals surface area (Å²) in [5, 5.41) is 0. The number of hydrogen-bond acceptors (Lipinski definition) is 2. The second-order valence-corrected chi connectivity index (χ2v) is 5.71. The Kier molecular flexibility index (Phi) is 11.7. The Morgan fingerprint density at radius 3 is 1.62 bits per heavy atom. The molecule has 3 heteroatoms. The number of piperidine rings is 2. The van der Waals surface area contributed by atoms with Gasteiger partial charge in [0.2, 0.25) is 5.91 Å². The van der Waals surface area contributed by atoms with Crippen LogP contribution < -0.4 is 0 Å². The van der Waals surface area contributed by atoms with Crippen LogP contribution in [-0.2, 0) is 4.79 Å². The molecule has 1 amide bonds. The fraction of sp³-hybridized carbons (Fsp3) is 0.944. The van der Waals surface area contributed by atoms with E-state index in [0.29, 0.717) is 12.3 Å². The first-order valence-corrected chi connectivity index (χ1v) is 9.17. The summed E-state index contributed by atoms with van der Waals surface area (Å²) >= 11 is 0. The van der Waals surface area contributed by atoms with Crippen molar-refractivity contribution in [2.45, 2.75) is 66.7 Å². The Labute approximate surface area is 133 Å². The zero-order chi connectivity index (χ0) is 16.3. The van der Waals surface area contributed by atoms with Crippen molar-refractivity contribution in [3.8, 4) is 0 Å². The molecule has 0 aliphatic carbocycles. The van der Waals surface area contributed by atoms with Gasteiger partial charge in [0, 0.05) is 19.5 Å². The third-order valence-corrected chi connectivity index (χ3v) is 4.62. The maximum absolute atomic E-state index is 11.6. The van der Waals surface area contributed by atoms with Gasteiger partial charge in [0.05, 0.1) is 0 Å². The molecule has 0 saturated carbocycles. The fourth-order valence-corrected chi connectivity index (χ4v) is 3.34. The molecule has 0 aromatic heterocycles. The van der Waals surface area contributed by atoms with E-state index in [4.69, 9.17) is 0 Å². The maximum Gasteiger partial charge on any atom is 0.222 e. The zero-order valence-electron chi connectivity index (χ0n) is 15.3. The van der Waals surface area contributed by atoms with Gasteiger partial charge in [0.1, 0.15) is 0 Å². The van der Waals surface area contributed by atoms with E-state index in [9.17, 15) is 4.79 Å². The molecular weight excluding hydrogens is 260 g/mol. The van der Waals surface area contributed by atoms with Gasteiger partial charge in [-0.2, -0.15) is 0 Å². The van der Waals surface area contributed by atoms with Crippen LogP contribution >= 0.6 is 0 Å². The molecule has 2 saturated heterocycles. The number of nitrogens with zero attached hydrogens (tertiary/aromatic N) is 2. The van der Waals surface area contributed by atoms with Crippen LogP contribution in [0.15, 0.2) is 0 Å². The van der Waals surface area contributed by atoms with Crippen molar-refractivity contribution in [1.82, 2.24) is 9.80 Å². The minimum atomic E-state index is 0.340. The Balaban J connectivity index is 0.000000921. The van der Waals surface area contributed by atoms with E-state index in [2.05, 4.69) is 16.8 Å². The number of carbonyl (C=O) groups excluding carboxylic acids is 1. The molecular formula is C18H38N2O. The molecule has 2 rings (SSSR count). The summed E-state index contributed by atoms with van der Waals surface area (Å²) in [4.78, 5) is 16.1. The highest BCUT2D eigenvalue weighted by Gasteiger charge is 2.29. The standard InChI is InChI=1S/C14H26N2O.2C2H6/c1-3-14(17)16-10-6-13(7-11-16)12-4-8-15(2)9-5-12;2*1-2/h12-13H,3-11H2,1-2H3;2*1-2H3.